The van der Waals surface area contributed by atoms with E-state index in [2.05, 4.69) is 19.2 Å². The van der Waals surface area contributed by atoms with Crippen LogP contribution in [0.4, 0.5) is 4.79 Å². The lowest BCUT2D eigenvalue weighted by Crippen LogP contribution is -2.51. The van der Waals surface area contributed by atoms with E-state index in [-0.39, 0.29) is 11.6 Å². The van der Waals surface area contributed by atoms with Crippen LogP contribution in [0.15, 0.2) is 0 Å². The van der Waals surface area contributed by atoms with Gasteiger partial charge in [-0.3, -0.25) is 0 Å². The highest BCUT2D eigenvalue weighted by Gasteiger charge is 2.39. The Morgan fingerprint density at radius 1 is 1.25 bits per heavy atom. The molecule has 0 atom stereocenters. The largest absolute Gasteiger partial charge is 0.444 e. The molecule has 0 radical (unpaired) electrons. The first-order valence-corrected chi connectivity index (χ1v) is 6.26. The van der Waals surface area contributed by atoms with Gasteiger partial charge in [0, 0.05) is 5.54 Å². The lowest BCUT2D eigenvalue weighted by atomic mass is 9.85. The van der Waals surface area contributed by atoms with Crippen molar-refractivity contribution in [3.63, 3.8) is 0 Å². The number of hydrogen-bond donors (Lipinski definition) is 1. The van der Waals surface area contributed by atoms with E-state index in [1.807, 2.05) is 20.8 Å². The van der Waals surface area contributed by atoms with Gasteiger partial charge in [-0.25, -0.2) is 4.79 Å². The molecule has 94 valence electrons. The van der Waals surface area contributed by atoms with Gasteiger partial charge >= 0.3 is 6.09 Å². The van der Waals surface area contributed by atoms with E-state index in [4.69, 9.17) is 4.74 Å². The van der Waals surface area contributed by atoms with Gasteiger partial charge in [0.1, 0.15) is 5.60 Å². The van der Waals surface area contributed by atoms with Gasteiger partial charge in [-0.15, -0.1) is 0 Å². The molecule has 1 amide bonds. The highest BCUT2D eigenvalue weighted by molar-refractivity contribution is 5.69. The maximum Gasteiger partial charge on any atom is 0.408 e. The standard InChI is InChI=1S/C13H25NO2/c1-10(2)13(8-6-7-9-13)14-11(15)16-12(3,4)5/h10H,6-9H2,1-5H3,(H,14,15). The SMILES string of the molecule is CC(C)C1(NC(=O)OC(C)(C)C)CCCC1. The monoisotopic (exact) mass is 227 g/mol. The van der Waals surface area contributed by atoms with E-state index in [1.54, 1.807) is 0 Å². The first-order valence-electron chi connectivity index (χ1n) is 6.26. The van der Waals surface area contributed by atoms with Gasteiger partial charge < -0.3 is 10.1 Å². The number of hydrogen-bond acceptors (Lipinski definition) is 2. The maximum absolute atomic E-state index is 11.8. The van der Waals surface area contributed by atoms with Crippen molar-refractivity contribution < 1.29 is 9.53 Å². The first-order chi connectivity index (χ1) is 7.25. The lowest BCUT2D eigenvalue weighted by molar-refractivity contribution is 0.0422. The second-order valence-electron chi connectivity index (χ2n) is 6.14. The molecule has 0 spiro atoms. The summed E-state index contributed by atoms with van der Waals surface area (Å²) in [4.78, 5) is 11.8. The molecule has 3 heteroatoms. The number of alkyl carbamates (subject to hydrolysis) is 1. The summed E-state index contributed by atoms with van der Waals surface area (Å²) >= 11 is 0. The van der Waals surface area contributed by atoms with Crippen molar-refractivity contribution in [2.75, 3.05) is 0 Å². The van der Waals surface area contributed by atoms with Crippen molar-refractivity contribution >= 4 is 6.09 Å². The number of rotatable bonds is 2. The second kappa shape index (κ2) is 4.64. The molecular formula is C13H25NO2. The third-order valence-corrected chi connectivity index (χ3v) is 3.35. The summed E-state index contributed by atoms with van der Waals surface area (Å²) < 4.78 is 5.32. The van der Waals surface area contributed by atoms with Crippen LogP contribution in [0.5, 0.6) is 0 Å². The van der Waals surface area contributed by atoms with Gasteiger partial charge in [0.2, 0.25) is 0 Å². The molecule has 0 aromatic carbocycles. The van der Waals surface area contributed by atoms with Crippen LogP contribution in [0.25, 0.3) is 0 Å². The van der Waals surface area contributed by atoms with Crippen LogP contribution in [-0.2, 0) is 4.74 Å². The fourth-order valence-corrected chi connectivity index (χ4v) is 2.36. The summed E-state index contributed by atoms with van der Waals surface area (Å²) in [7, 11) is 0. The third-order valence-electron chi connectivity index (χ3n) is 3.35. The minimum atomic E-state index is -0.416. The number of ether oxygens (including phenoxy) is 1. The summed E-state index contributed by atoms with van der Waals surface area (Å²) in [5.74, 6) is 0.461. The minimum Gasteiger partial charge on any atom is -0.444 e. The van der Waals surface area contributed by atoms with Crippen LogP contribution in [0.3, 0.4) is 0 Å². The average molecular weight is 227 g/mol. The molecule has 0 saturated heterocycles. The topological polar surface area (TPSA) is 38.3 Å². The highest BCUT2D eigenvalue weighted by atomic mass is 16.6. The van der Waals surface area contributed by atoms with Crippen molar-refractivity contribution in [3.05, 3.63) is 0 Å². The lowest BCUT2D eigenvalue weighted by Gasteiger charge is -2.35. The molecule has 0 heterocycles. The van der Waals surface area contributed by atoms with Crippen molar-refractivity contribution in [2.24, 2.45) is 5.92 Å². The van der Waals surface area contributed by atoms with Crippen molar-refractivity contribution in [2.45, 2.75) is 71.4 Å². The predicted octanol–water partition coefficient (Wildman–Crippen LogP) is 3.48. The van der Waals surface area contributed by atoms with Crippen LogP contribution in [0.2, 0.25) is 0 Å². The number of carbonyl (C=O) groups is 1. The Kier molecular flexibility index (Phi) is 3.87. The summed E-state index contributed by atoms with van der Waals surface area (Å²) in [6.45, 7) is 10.0. The smallest absolute Gasteiger partial charge is 0.408 e. The second-order valence-corrected chi connectivity index (χ2v) is 6.14. The Balaban J connectivity index is 2.60. The zero-order chi connectivity index (χ0) is 12.4. The van der Waals surface area contributed by atoms with Crippen molar-refractivity contribution in [1.29, 1.82) is 0 Å². The zero-order valence-corrected chi connectivity index (χ0v) is 11.2. The van der Waals surface area contributed by atoms with Crippen LogP contribution < -0.4 is 5.32 Å². The van der Waals surface area contributed by atoms with Crippen LogP contribution in [0.1, 0.15) is 60.3 Å². The highest BCUT2D eigenvalue weighted by Crippen LogP contribution is 2.36. The summed E-state index contributed by atoms with van der Waals surface area (Å²) in [6, 6.07) is 0. The molecule has 0 bridgehead atoms. The van der Waals surface area contributed by atoms with Gasteiger partial charge in [0.25, 0.3) is 0 Å². The molecule has 0 aliphatic heterocycles. The molecule has 1 aliphatic carbocycles. The van der Waals surface area contributed by atoms with Crippen LogP contribution in [-0.4, -0.2) is 17.2 Å². The molecule has 1 fully saturated rings. The van der Waals surface area contributed by atoms with Gasteiger partial charge in [-0.1, -0.05) is 26.7 Å². The normalized spacial score (nSPS) is 19.9. The Hall–Kier alpha value is -0.730. The van der Waals surface area contributed by atoms with Gasteiger partial charge in [-0.05, 0) is 39.5 Å². The van der Waals surface area contributed by atoms with Crippen molar-refractivity contribution in [3.8, 4) is 0 Å². The Morgan fingerprint density at radius 2 is 1.75 bits per heavy atom. The Morgan fingerprint density at radius 3 is 2.12 bits per heavy atom. The number of amides is 1. The van der Waals surface area contributed by atoms with Gasteiger partial charge in [0.05, 0.1) is 0 Å². The molecule has 1 saturated carbocycles. The fourth-order valence-electron chi connectivity index (χ4n) is 2.36. The van der Waals surface area contributed by atoms with Crippen LogP contribution >= 0.6 is 0 Å². The Labute approximate surface area is 98.9 Å². The zero-order valence-electron chi connectivity index (χ0n) is 11.2. The molecule has 0 aromatic rings. The van der Waals surface area contributed by atoms with Crippen molar-refractivity contribution in [1.82, 2.24) is 5.32 Å². The van der Waals surface area contributed by atoms with Gasteiger partial charge in [0.15, 0.2) is 0 Å². The molecule has 1 N–H and O–H groups in total. The third kappa shape index (κ3) is 3.39. The molecule has 0 unspecified atom stereocenters. The van der Waals surface area contributed by atoms with E-state index < -0.39 is 5.60 Å². The van der Waals surface area contributed by atoms with E-state index in [0.29, 0.717) is 5.92 Å². The quantitative estimate of drug-likeness (QED) is 0.784. The average Bonchev–Trinajstić information content (AvgIpc) is 2.49. The van der Waals surface area contributed by atoms with E-state index in [1.165, 1.54) is 12.8 Å². The molecule has 3 nitrogen and oxygen atoms in total. The van der Waals surface area contributed by atoms with E-state index in [0.717, 1.165) is 12.8 Å². The molecule has 1 aliphatic rings. The summed E-state index contributed by atoms with van der Waals surface area (Å²) in [5.41, 5.74) is -0.455. The Bertz CT molecular complexity index is 247. The molecule has 16 heavy (non-hydrogen) atoms. The van der Waals surface area contributed by atoms with Crippen LogP contribution in [0, 0.1) is 5.92 Å². The number of nitrogens with one attached hydrogen (secondary N) is 1. The molecular weight excluding hydrogens is 202 g/mol. The van der Waals surface area contributed by atoms with E-state index >= 15 is 0 Å². The molecule has 0 aromatic heterocycles. The summed E-state index contributed by atoms with van der Waals surface area (Å²) in [5, 5.41) is 3.09. The predicted molar refractivity (Wildman–Crippen MR) is 65.4 cm³/mol. The summed E-state index contributed by atoms with van der Waals surface area (Å²) in [6.07, 6.45) is 4.28. The fraction of sp³-hybridized carbons (Fsp3) is 0.923. The minimum absolute atomic E-state index is 0.0394. The maximum atomic E-state index is 11.8. The first kappa shape index (κ1) is 13.3. The van der Waals surface area contributed by atoms with E-state index in [9.17, 15) is 4.79 Å². The number of carbonyl (C=O) groups excluding carboxylic acids is 1. The van der Waals surface area contributed by atoms with Gasteiger partial charge in [-0.2, -0.15) is 0 Å². The molecule has 1 rings (SSSR count).